The van der Waals surface area contributed by atoms with Crippen molar-refractivity contribution in [2.75, 3.05) is 26.4 Å². The maximum Gasteiger partial charge on any atom is 0.324 e. The van der Waals surface area contributed by atoms with E-state index < -0.39 is 46.5 Å². The van der Waals surface area contributed by atoms with E-state index in [-0.39, 0.29) is 16.6 Å². The lowest BCUT2D eigenvalue weighted by Crippen LogP contribution is -2.47. The van der Waals surface area contributed by atoms with Crippen LogP contribution in [0.2, 0.25) is 0 Å². The van der Waals surface area contributed by atoms with Crippen molar-refractivity contribution >= 4 is 27.9 Å². The molecule has 1 aliphatic rings. The van der Waals surface area contributed by atoms with Crippen LogP contribution in [-0.4, -0.2) is 58.7 Å². The molecule has 1 aromatic carbocycles. The number of rotatable bonds is 9. The van der Waals surface area contributed by atoms with Gasteiger partial charge in [0.05, 0.1) is 4.90 Å². The minimum atomic E-state index is -4.11. The topological polar surface area (TPSA) is 149 Å². The minimum absolute atomic E-state index is 0.111. The first-order valence-electron chi connectivity index (χ1n) is 10.2. The lowest BCUT2D eigenvalue weighted by atomic mass is 10.1. The Hall–Kier alpha value is -2.86. The number of carbonyl (C=O) groups is 3. The summed E-state index contributed by atoms with van der Waals surface area (Å²) in [4.78, 5) is 35.8. The standard InChI is InChI=1S/C20H29N3O8S/c1-12(2)10-21-20(26)22-17(24)11-31-19(25)18(13(3)4)23-32(27,28)14-5-6-15-16(9-14)30-8-7-29-15/h5-6,9,12-13,18,23H,7-8,10-11H2,1-4H3,(H2,21,22,24,26). The van der Waals surface area contributed by atoms with Gasteiger partial charge in [0, 0.05) is 12.6 Å². The molecule has 1 heterocycles. The SMILES string of the molecule is CC(C)CNC(=O)NC(=O)COC(=O)C(NS(=O)(=O)c1ccc2c(c1)OCCO2)C(C)C. The van der Waals surface area contributed by atoms with Crippen molar-refractivity contribution in [1.29, 1.82) is 0 Å². The van der Waals surface area contributed by atoms with Crippen LogP contribution in [0.1, 0.15) is 27.7 Å². The molecular weight excluding hydrogens is 442 g/mol. The van der Waals surface area contributed by atoms with Gasteiger partial charge in [0.1, 0.15) is 19.3 Å². The van der Waals surface area contributed by atoms with Crippen molar-refractivity contribution in [1.82, 2.24) is 15.4 Å². The molecule has 1 aromatic rings. The van der Waals surface area contributed by atoms with Crippen LogP contribution in [0.5, 0.6) is 11.5 Å². The molecule has 0 aromatic heterocycles. The van der Waals surface area contributed by atoms with E-state index in [0.717, 1.165) is 0 Å². The fourth-order valence-corrected chi connectivity index (χ4v) is 3.96. The van der Waals surface area contributed by atoms with Crippen molar-refractivity contribution in [3.63, 3.8) is 0 Å². The Morgan fingerprint density at radius 3 is 2.34 bits per heavy atom. The highest BCUT2D eigenvalue weighted by atomic mass is 32.2. The van der Waals surface area contributed by atoms with Crippen LogP contribution in [-0.2, 0) is 24.3 Å². The quantitative estimate of drug-likeness (QED) is 0.448. The van der Waals surface area contributed by atoms with Crippen LogP contribution < -0.4 is 24.8 Å². The van der Waals surface area contributed by atoms with Crippen molar-refractivity contribution in [3.05, 3.63) is 18.2 Å². The normalized spacial score (nSPS) is 14.1. The Kier molecular flexibility index (Phi) is 8.84. The van der Waals surface area contributed by atoms with Gasteiger partial charge in [-0.15, -0.1) is 0 Å². The second-order valence-corrected chi connectivity index (χ2v) is 9.62. The van der Waals surface area contributed by atoms with Crippen LogP contribution in [0.4, 0.5) is 4.79 Å². The van der Waals surface area contributed by atoms with E-state index in [9.17, 15) is 22.8 Å². The lowest BCUT2D eigenvalue weighted by Gasteiger charge is -2.22. The Labute approximate surface area is 187 Å². The van der Waals surface area contributed by atoms with Crippen molar-refractivity contribution in [3.8, 4) is 11.5 Å². The maximum absolute atomic E-state index is 12.8. The molecule has 32 heavy (non-hydrogen) atoms. The molecule has 3 amide bonds. The molecule has 0 saturated heterocycles. The highest BCUT2D eigenvalue weighted by Crippen LogP contribution is 2.32. The molecule has 0 radical (unpaired) electrons. The van der Waals surface area contributed by atoms with Crippen molar-refractivity contribution in [2.24, 2.45) is 11.8 Å². The van der Waals surface area contributed by atoms with E-state index in [1.807, 2.05) is 19.2 Å². The van der Waals surface area contributed by atoms with Gasteiger partial charge >= 0.3 is 12.0 Å². The van der Waals surface area contributed by atoms with Gasteiger partial charge in [0.15, 0.2) is 18.1 Å². The van der Waals surface area contributed by atoms with Gasteiger partial charge < -0.3 is 19.5 Å². The molecule has 178 valence electrons. The predicted octanol–water partition coefficient (Wildman–Crippen LogP) is 0.786. The summed E-state index contributed by atoms with van der Waals surface area (Å²) in [5, 5.41) is 4.52. The molecular formula is C20H29N3O8S. The number of ether oxygens (including phenoxy) is 3. The van der Waals surface area contributed by atoms with Crippen molar-refractivity contribution in [2.45, 2.75) is 38.6 Å². The Morgan fingerprint density at radius 1 is 1.06 bits per heavy atom. The molecule has 11 nitrogen and oxygen atoms in total. The third kappa shape index (κ3) is 7.38. The number of imide groups is 1. The Balaban J connectivity index is 1.98. The fraction of sp³-hybridized carbons (Fsp3) is 0.550. The molecule has 3 N–H and O–H groups in total. The molecule has 0 fully saturated rings. The van der Waals surface area contributed by atoms with E-state index in [1.54, 1.807) is 13.8 Å². The van der Waals surface area contributed by atoms with E-state index in [4.69, 9.17) is 14.2 Å². The van der Waals surface area contributed by atoms with Crippen LogP contribution in [0.15, 0.2) is 23.1 Å². The van der Waals surface area contributed by atoms with Gasteiger partial charge in [-0.3, -0.25) is 14.9 Å². The molecule has 0 saturated carbocycles. The molecule has 2 rings (SSSR count). The second-order valence-electron chi connectivity index (χ2n) is 7.91. The zero-order valence-electron chi connectivity index (χ0n) is 18.5. The van der Waals surface area contributed by atoms with E-state index in [1.165, 1.54) is 18.2 Å². The highest BCUT2D eigenvalue weighted by molar-refractivity contribution is 7.89. The number of sulfonamides is 1. The molecule has 12 heteroatoms. The average molecular weight is 472 g/mol. The summed E-state index contributed by atoms with van der Waals surface area (Å²) in [7, 11) is -4.11. The lowest BCUT2D eigenvalue weighted by molar-refractivity contribution is -0.150. The van der Waals surface area contributed by atoms with Gasteiger partial charge in [-0.25, -0.2) is 13.2 Å². The smallest absolute Gasteiger partial charge is 0.324 e. The number of nitrogens with one attached hydrogen (secondary N) is 3. The first-order valence-corrected chi connectivity index (χ1v) is 11.6. The largest absolute Gasteiger partial charge is 0.486 e. The highest BCUT2D eigenvalue weighted by Gasteiger charge is 2.31. The summed E-state index contributed by atoms with van der Waals surface area (Å²) in [6.45, 7) is 7.33. The number of hydrogen-bond acceptors (Lipinski definition) is 8. The molecule has 0 aliphatic carbocycles. The van der Waals surface area contributed by atoms with Gasteiger partial charge in [-0.1, -0.05) is 27.7 Å². The zero-order valence-corrected chi connectivity index (χ0v) is 19.3. The van der Waals surface area contributed by atoms with E-state index >= 15 is 0 Å². The second kappa shape index (κ2) is 11.1. The zero-order chi connectivity index (χ0) is 23.9. The van der Waals surface area contributed by atoms with Gasteiger partial charge in [0.25, 0.3) is 5.91 Å². The molecule has 1 unspecified atom stereocenters. The number of esters is 1. The summed E-state index contributed by atoms with van der Waals surface area (Å²) >= 11 is 0. The van der Waals surface area contributed by atoms with E-state index in [2.05, 4.69) is 10.0 Å². The summed E-state index contributed by atoms with van der Waals surface area (Å²) in [5.74, 6) is -1.35. The van der Waals surface area contributed by atoms with Gasteiger partial charge in [-0.05, 0) is 24.0 Å². The first kappa shape index (κ1) is 25.4. The molecule has 1 aliphatic heterocycles. The molecule has 0 spiro atoms. The van der Waals surface area contributed by atoms with Crippen molar-refractivity contribution < 1.29 is 37.0 Å². The van der Waals surface area contributed by atoms with Crippen LogP contribution in [0.25, 0.3) is 0 Å². The van der Waals surface area contributed by atoms with Crippen LogP contribution >= 0.6 is 0 Å². The van der Waals surface area contributed by atoms with E-state index in [0.29, 0.717) is 25.5 Å². The number of fused-ring (bicyclic) bond motifs is 1. The fourth-order valence-electron chi connectivity index (χ4n) is 2.61. The minimum Gasteiger partial charge on any atom is -0.486 e. The molecule has 0 bridgehead atoms. The van der Waals surface area contributed by atoms with Crippen LogP contribution in [0.3, 0.4) is 0 Å². The number of urea groups is 1. The Bertz CT molecular complexity index is 946. The Morgan fingerprint density at radius 2 is 1.72 bits per heavy atom. The predicted molar refractivity (Wildman–Crippen MR) is 114 cm³/mol. The monoisotopic (exact) mass is 471 g/mol. The average Bonchev–Trinajstić information content (AvgIpc) is 2.73. The number of benzene rings is 1. The number of hydrogen-bond donors (Lipinski definition) is 3. The first-order chi connectivity index (χ1) is 15.0. The third-order valence-corrected chi connectivity index (χ3v) is 5.73. The summed E-state index contributed by atoms with van der Waals surface area (Å²) in [6, 6.07) is 2.15. The van der Waals surface area contributed by atoms with Gasteiger partial charge in [-0.2, -0.15) is 4.72 Å². The summed E-state index contributed by atoms with van der Waals surface area (Å²) < 4.78 is 43.6. The van der Waals surface area contributed by atoms with Gasteiger partial charge in [0.2, 0.25) is 10.0 Å². The van der Waals surface area contributed by atoms with Crippen LogP contribution in [0, 0.1) is 11.8 Å². The number of carbonyl (C=O) groups excluding carboxylic acids is 3. The number of amides is 3. The maximum atomic E-state index is 12.8. The summed E-state index contributed by atoms with van der Waals surface area (Å²) in [6.07, 6.45) is 0. The molecule has 1 atom stereocenters. The summed E-state index contributed by atoms with van der Waals surface area (Å²) in [5.41, 5.74) is 0. The third-order valence-electron chi connectivity index (χ3n) is 4.30.